The van der Waals surface area contributed by atoms with E-state index in [1.54, 1.807) is 3.33 Å². The summed E-state index contributed by atoms with van der Waals surface area (Å²) in [4.78, 5) is 0. The first-order chi connectivity index (χ1) is 7.26. The van der Waals surface area contributed by atoms with Crippen LogP contribution in [0.4, 0.5) is 0 Å². The topological polar surface area (TPSA) is 9.72 Å². The van der Waals surface area contributed by atoms with Crippen LogP contribution < -0.4 is 0 Å². The van der Waals surface area contributed by atoms with Crippen molar-refractivity contribution in [2.24, 2.45) is 0 Å². The van der Waals surface area contributed by atoms with Crippen molar-refractivity contribution in [2.75, 3.05) is 42.3 Å². The minimum absolute atomic E-state index is 1.11. The molecule has 16 heavy (non-hydrogen) atoms. The molecule has 0 amide bonds. The van der Waals surface area contributed by atoms with Crippen LogP contribution >= 0.6 is 0 Å². The number of hydrogen-bond acceptors (Lipinski definition) is 3. The Morgan fingerprint density at radius 2 is 1.38 bits per heavy atom. The molecule has 0 bridgehead atoms. The van der Waals surface area contributed by atoms with Gasteiger partial charge in [0.15, 0.2) is 0 Å². The first-order valence-electron chi connectivity index (χ1n) is 5.82. The number of rotatable bonds is 4. The van der Waals surface area contributed by atoms with E-state index in [0.717, 1.165) is 6.42 Å². The molecule has 4 heteroatoms. The Hall–Kier alpha value is 0.230. The Morgan fingerprint density at radius 1 is 0.938 bits per heavy atom. The summed E-state index contributed by atoms with van der Waals surface area (Å²) in [5, 5.41) is 0. The van der Waals surface area contributed by atoms with Crippen LogP contribution in [-0.4, -0.2) is 50.9 Å². The summed E-state index contributed by atoms with van der Waals surface area (Å²) in [5.41, 5.74) is 0. The summed E-state index contributed by atoms with van der Waals surface area (Å²) in [5.74, 6) is 0. The van der Waals surface area contributed by atoms with Crippen LogP contribution in [0.25, 0.3) is 0 Å². The van der Waals surface area contributed by atoms with Crippen molar-refractivity contribution in [3.05, 3.63) is 21.6 Å². The van der Waals surface area contributed by atoms with Gasteiger partial charge in [0.1, 0.15) is 0 Å². The van der Waals surface area contributed by atoms with Crippen molar-refractivity contribution in [3.8, 4) is 0 Å². The van der Waals surface area contributed by atoms with Crippen LogP contribution in [0, 0.1) is 0 Å². The van der Waals surface area contributed by atoms with Crippen LogP contribution in [-0.2, 0) is 19.4 Å². The summed E-state index contributed by atoms with van der Waals surface area (Å²) < 4.78 is 11.6. The third-order valence-electron chi connectivity index (χ3n) is 4.74. The Labute approximate surface area is 103 Å². The number of allylic oxidation sites excluding steroid dienone is 4. The average Bonchev–Trinajstić information content (AvgIpc) is 2.68. The standard InChI is InChI=1S/C5H5.3C2H6N.CH3.Hf/c1-2-4-5-3-1;3*1-3-2;;/h1-3H,4H2;3*1-2H3;1H3;/q;3*-1;;+3. The SMILES string of the molecule is C[N](C)[Hf]([CH3])([C]1=CC=CC1)([N](C)C)[N](C)C. The van der Waals surface area contributed by atoms with Crippen LogP contribution in [0.5, 0.6) is 0 Å². The van der Waals surface area contributed by atoms with E-state index in [1.807, 2.05) is 0 Å². The number of hydrogen-bond donors (Lipinski definition) is 0. The maximum atomic E-state index is 2.50. The van der Waals surface area contributed by atoms with E-state index in [1.165, 1.54) is 0 Å². The van der Waals surface area contributed by atoms with Crippen molar-refractivity contribution in [2.45, 2.75) is 11.1 Å². The summed E-state index contributed by atoms with van der Waals surface area (Å²) >= 11 is -3.45. The van der Waals surface area contributed by atoms with Crippen molar-refractivity contribution in [1.29, 1.82) is 0 Å². The van der Waals surface area contributed by atoms with Crippen LogP contribution in [0.2, 0.25) is 4.68 Å². The molecule has 0 aromatic rings. The van der Waals surface area contributed by atoms with Crippen molar-refractivity contribution < 1.29 is 19.4 Å². The second-order valence-electron chi connectivity index (χ2n) is 5.56. The molecule has 0 heterocycles. The Morgan fingerprint density at radius 3 is 1.62 bits per heavy atom. The monoisotopic (exact) mass is 392 g/mol. The van der Waals surface area contributed by atoms with E-state index in [-0.39, 0.29) is 0 Å². The molecule has 0 fully saturated rings. The molecule has 1 aliphatic rings. The summed E-state index contributed by atoms with van der Waals surface area (Å²) in [6.07, 6.45) is 7.91. The predicted octanol–water partition coefficient (Wildman–Crippen LogP) is 2.00. The first-order valence-corrected chi connectivity index (χ1v) is 16.0. The van der Waals surface area contributed by atoms with Crippen molar-refractivity contribution >= 4 is 0 Å². The Balaban J connectivity index is 3.40. The van der Waals surface area contributed by atoms with E-state index in [9.17, 15) is 0 Å². The predicted molar refractivity (Wildman–Crippen MR) is 68.8 cm³/mol. The fraction of sp³-hybridized carbons (Fsp3) is 0.667. The molecular formula is C12H26HfN3. The molecule has 0 saturated carbocycles. The van der Waals surface area contributed by atoms with Gasteiger partial charge < -0.3 is 0 Å². The first kappa shape index (κ1) is 14.3. The Kier molecular flexibility index (Phi) is 4.00. The molecule has 0 spiro atoms. The van der Waals surface area contributed by atoms with Crippen molar-refractivity contribution in [3.63, 3.8) is 0 Å². The summed E-state index contributed by atoms with van der Waals surface area (Å²) in [6.45, 7) is 0. The van der Waals surface area contributed by atoms with E-state index < -0.39 is 19.4 Å². The molecule has 0 N–H and O–H groups in total. The van der Waals surface area contributed by atoms with E-state index >= 15 is 0 Å². The van der Waals surface area contributed by atoms with Gasteiger partial charge in [-0.3, -0.25) is 0 Å². The van der Waals surface area contributed by atoms with E-state index in [2.05, 4.69) is 73.9 Å². The Bertz CT molecular complexity index is 305. The molecule has 0 radical (unpaired) electrons. The van der Waals surface area contributed by atoms with Gasteiger partial charge in [0.2, 0.25) is 0 Å². The molecule has 3 nitrogen and oxygen atoms in total. The molecular weight excluding hydrogens is 365 g/mol. The second-order valence-corrected chi connectivity index (χ2v) is 28.7. The third-order valence-corrected chi connectivity index (χ3v) is 34.6. The van der Waals surface area contributed by atoms with Crippen molar-refractivity contribution in [1.82, 2.24) is 8.66 Å². The van der Waals surface area contributed by atoms with Gasteiger partial charge in [0.25, 0.3) is 0 Å². The zero-order valence-electron chi connectivity index (χ0n) is 11.8. The average molecular weight is 391 g/mol. The van der Waals surface area contributed by atoms with Gasteiger partial charge in [-0.05, 0) is 0 Å². The van der Waals surface area contributed by atoms with Gasteiger partial charge in [-0.2, -0.15) is 0 Å². The summed E-state index contributed by atoms with van der Waals surface area (Å²) in [7, 11) is 13.4. The van der Waals surface area contributed by atoms with Crippen LogP contribution in [0.1, 0.15) is 6.42 Å². The van der Waals surface area contributed by atoms with Gasteiger partial charge in [-0.25, -0.2) is 0 Å². The number of nitrogens with zero attached hydrogens (tertiary/aromatic N) is 3. The molecule has 0 saturated heterocycles. The molecule has 93 valence electrons. The zero-order valence-corrected chi connectivity index (χ0v) is 15.4. The molecule has 0 unspecified atom stereocenters. The quantitative estimate of drug-likeness (QED) is 0.680. The molecule has 1 aliphatic carbocycles. The van der Waals surface area contributed by atoms with Crippen LogP contribution in [0.15, 0.2) is 21.6 Å². The summed E-state index contributed by atoms with van der Waals surface area (Å²) in [6, 6.07) is 0. The molecule has 0 aromatic carbocycles. The maximum absolute atomic E-state index is 3.45. The fourth-order valence-corrected chi connectivity index (χ4v) is 21.6. The van der Waals surface area contributed by atoms with Gasteiger partial charge in [-0.15, -0.1) is 0 Å². The molecule has 1 rings (SSSR count). The molecule has 0 aromatic heterocycles. The molecule has 0 atom stereocenters. The van der Waals surface area contributed by atoms with E-state index in [0.29, 0.717) is 0 Å². The fourth-order valence-electron chi connectivity index (χ4n) is 2.94. The van der Waals surface area contributed by atoms with Gasteiger partial charge in [0.05, 0.1) is 0 Å². The third kappa shape index (κ3) is 1.62. The molecule has 0 aliphatic heterocycles. The van der Waals surface area contributed by atoms with E-state index in [4.69, 9.17) is 0 Å². The second kappa shape index (κ2) is 4.48. The van der Waals surface area contributed by atoms with Gasteiger partial charge in [0, 0.05) is 0 Å². The minimum atomic E-state index is -3.45. The normalized spacial score (nSPS) is 19.4. The van der Waals surface area contributed by atoms with Gasteiger partial charge in [-0.1, -0.05) is 0 Å². The zero-order chi connectivity index (χ0) is 12.6. The van der Waals surface area contributed by atoms with Gasteiger partial charge >= 0.3 is 103 Å². The van der Waals surface area contributed by atoms with Crippen LogP contribution in [0.3, 0.4) is 0 Å².